The summed E-state index contributed by atoms with van der Waals surface area (Å²) >= 11 is 5.97. The average Bonchev–Trinajstić information content (AvgIpc) is 2.88. The summed E-state index contributed by atoms with van der Waals surface area (Å²) in [5.74, 6) is 0. The first-order valence-electron chi connectivity index (χ1n) is 7.58. The molecule has 0 N–H and O–H groups in total. The smallest absolute Gasteiger partial charge is 0.0924 e. The number of benzene rings is 2. The Labute approximate surface area is 136 Å². The molecule has 0 aliphatic heterocycles. The normalized spacial score (nSPS) is 11.0. The number of fused-ring (bicyclic) bond motifs is 1. The molecule has 0 aliphatic carbocycles. The molecule has 0 saturated carbocycles. The molecule has 0 spiro atoms. The van der Waals surface area contributed by atoms with Gasteiger partial charge >= 0.3 is 0 Å². The molecule has 2 aromatic carbocycles. The van der Waals surface area contributed by atoms with Crippen molar-refractivity contribution in [1.82, 2.24) is 9.78 Å². The van der Waals surface area contributed by atoms with E-state index < -0.39 is 0 Å². The molecule has 0 amide bonds. The molecule has 3 nitrogen and oxygen atoms in total. The first-order valence-corrected chi connectivity index (χ1v) is 7.96. The Morgan fingerprint density at radius 2 is 1.91 bits per heavy atom. The summed E-state index contributed by atoms with van der Waals surface area (Å²) in [6.45, 7) is 4.11. The molecule has 0 fully saturated rings. The second-order valence-corrected chi connectivity index (χ2v) is 6.03. The first kappa shape index (κ1) is 14.9. The van der Waals surface area contributed by atoms with Gasteiger partial charge in [0.1, 0.15) is 0 Å². The van der Waals surface area contributed by atoms with Crippen LogP contribution in [0, 0.1) is 0 Å². The van der Waals surface area contributed by atoms with Crippen LogP contribution in [-0.4, -0.2) is 16.3 Å². The summed E-state index contributed by atoms with van der Waals surface area (Å²) in [7, 11) is 1.96. The molecule has 0 atom stereocenters. The molecule has 3 aromatic rings. The zero-order chi connectivity index (χ0) is 15.5. The van der Waals surface area contributed by atoms with Crippen LogP contribution in [0.1, 0.15) is 18.9 Å². The first-order chi connectivity index (χ1) is 10.7. The topological polar surface area (TPSA) is 21.1 Å². The van der Waals surface area contributed by atoms with Crippen molar-refractivity contribution >= 4 is 28.2 Å². The predicted molar refractivity (Wildman–Crippen MR) is 93.5 cm³/mol. The van der Waals surface area contributed by atoms with Gasteiger partial charge in [-0.25, -0.2) is 0 Å². The zero-order valence-electron chi connectivity index (χ0n) is 13.0. The summed E-state index contributed by atoms with van der Waals surface area (Å²) in [5.41, 5.74) is 3.54. The van der Waals surface area contributed by atoms with E-state index in [0.717, 1.165) is 30.0 Å². The number of halogens is 1. The fourth-order valence-electron chi connectivity index (χ4n) is 2.71. The highest BCUT2D eigenvalue weighted by molar-refractivity contribution is 6.30. The van der Waals surface area contributed by atoms with Crippen LogP contribution in [0.5, 0.6) is 0 Å². The van der Waals surface area contributed by atoms with Crippen LogP contribution in [-0.2, 0) is 13.6 Å². The predicted octanol–water partition coefficient (Wildman–Crippen LogP) is 4.64. The Bertz CT molecular complexity index is 762. The quantitative estimate of drug-likeness (QED) is 0.684. The van der Waals surface area contributed by atoms with E-state index in [4.69, 9.17) is 11.6 Å². The van der Waals surface area contributed by atoms with E-state index in [1.54, 1.807) is 0 Å². The lowest BCUT2D eigenvalue weighted by molar-refractivity contribution is 0.768. The highest BCUT2D eigenvalue weighted by Crippen LogP contribution is 2.23. The van der Waals surface area contributed by atoms with Crippen molar-refractivity contribution in [3.05, 3.63) is 59.2 Å². The molecule has 114 valence electrons. The number of hydrogen-bond donors (Lipinski definition) is 0. The van der Waals surface area contributed by atoms with Crippen molar-refractivity contribution in [2.75, 3.05) is 11.4 Å². The molecule has 0 radical (unpaired) electrons. The van der Waals surface area contributed by atoms with Gasteiger partial charge in [0.15, 0.2) is 0 Å². The van der Waals surface area contributed by atoms with Crippen molar-refractivity contribution in [1.29, 1.82) is 0 Å². The lowest BCUT2D eigenvalue weighted by atomic mass is 10.1. The Kier molecular flexibility index (Phi) is 4.34. The highest BCUT2D eigenvalue weighted by atomic mass is 35.5. The standard InChI is InChI=1S/C18H20ClN3/c1-3-10-22(12-14-4-6-16(19)7-5-14)17-8-9-18-15(11-17)13-21(2)20-18/h4-9,11,13H,3,10,12H2,1-2H3. The summed E-state index contributed by atoms with van der Waals surface area (Å²) < 4.78 is 1.86. The molecule has 0 saturated heterocycles. The van der Waals surface area contributed by atoms with Crippen molar-refractivity contribution in [2.24, 2.45) is 7.05 Å². The number of aryl methyl sites for hydroxylation is 1. The van der Waals surface area contributed by atoms with Crippen LogP contribution in [0.3, 0.4) is 0 Å². The van der Waals surface area contributed by atoms with Crippen molar-refractivity contribution in [3.8, 4) is 0 Å². The van der Waals surface area contributed by atoms with Crippen LogP contribution in [0.15, 0.2) is 48.7 Å². The minimum absolute atomic E-state index is 0.780. The van der Waals surface area contributed by atoms with Gasteiger partial charge in [-0.2, -0.15) is 5.10 Å². The minimum atomic E-state index is 0.780. The van der Waals surface area contributed by atoms with Gasteiger partial charge in [0, 0.05) is 42.4 Å². The Balaban J connectivity index is 1.89. The van der Waals surface area contributed by atoms with Gasteiger partial charge in [-0.05, 0) is 42.3 Å². The molecule has 0 aliphatic rings. The third-order valence-corrected chi connectivity index (χ3v) is 4.00. The SMILES string of the molecule is CCCN(Cc1ccc(Cl)cc1)c1ccc2nn(C)cc2c1. The molecule has 22 heavy (non-hydrogen) atoms. The maximum atomic E-state index is 5.97. The van der Waals surface area contributed by atoms with Gasteiger partial charge in [0.25, 0.3) is 0 Å². The van der Waals surface area contributed by atoms with E-state index in [-0.39, 0.29) is 0 Å². The van der Waals surface area contributed by atoms with Crippen LogP contribution in [0.4, 0.5) is 5.69 Å². The van der Waals surface area contributed by atoms with Crippen molar-refractivity contribution in [2.45, 2.75) is 19.9 Å². The molecular weight excluding hydrogens is 294 g/mol. The van der Waals surface area contributed by atoms with Gasteiger partial charge < -0.3 is 4.90 Å². The maximum absolute atomic E-state index is 5.97. The highest BCUT2D eigenvalue weighted by Gasteiger charge is 2.09. The van der Waals surface area contributed by atoms with E-state index in [1.807, 2.05) is 23.9 Å². The Hall–Kier alpha value is -2.00. The van der Waals surface area contributed by atoms with Crippen LogP contribution < -0.4 is 4.90 Å². The monoisotopic (exact) mass is 313 g/mol. The molecule has 0 unspecified atom stereocenters. The van der Waals surface area contributed by atoms with E-state index in [1.165, 1.54) is 16.6 Å². The van der Waals surface area contributed by atoms with E-state index in [2.05, 4.69) is 53.5 Å². The minimum Gasteiger partial charge on any atom is -0.367 e. The fourth-order valence-corrected chi connectivity index (χ4v) is 2.84. The lowest BCUT2D eigenvalue weighted by Crippen LogP contribution is -2.23. The van der Waals surface area contributed by atoms with Gasteiger partial charge in [-0.3, -0.25) is 4.68 Å². The van der Waals surface area contributed by atoms with E-state index >= 15 is 0 Å². The molecule has 3 rings (SSSR count). The summed E-state index contributed by atoms with van der Waals surface area (Å²) in [6, 6.07) is 14.5. The molecule has 1 aromatic heterocycles. The third-order valence-electron chi connectivity index (χ3n) is 3.75. The molecule has 1 heterocycles. The van der Waals surface area contributed by atoms with Gasteiger partial charge in [0.2, 0.25) is 0 Å². The number of nitrogens with zero attached hydrogens (tertiary/aromatic N) is 3. The van der Waals surface area contributed by atoms with Gasteiger partial charge in [-0.1, -0.05) is 30.7 Å². The average molecular weight is 314 g/mol. The second-order valence-electron chi connectivity index (χ2n) is 5.59. The maximum Gasteiger partial charge on any atom is 0.0924 e. The molecule has 4 heteroatoms. The van der Waals surface area contributed by atoms with E-state index in [0.29, 0.717) is 0 Å². The zero-order valence-corrected chi connectivity index (χ0v) is 13.7. The summed E-state index contributed by atoms with van der Waals surface area (Å²) in [6.07, 6.45) is 3.17. The van der Waals surface area contributed by atoms with Crippen LogP contribution >= 0.6 is 11.6 Å². The van der Waals surface area contributed by atoms with E-state index in [9.17, 15) is 0 Å². The summed E-state index contributed by atoms with van der Waals surface area (Å²) in [5, 5.41) is 6.39. The van der Waals surface area contributed by atoms with Gasteiger partial charge in [-0.15, -0.1) is 0 Å². The number of hydrogen-bond acceptors (Lipinski definition) is 2. The third kappa shape index (κ3) is 3.25. The fraction of sp³-hybridized carbons (Fsp3) is 0.278. The number of aromatic nitrogens is 2. The van der Waals surface area contributed by atoms with Crippen molar-refractivity contribution in [3.63, 3.8) is 0 Å². The molecule has 0 bridgehead atoms. The van der Waals surface area contributed by atoms with Crippen LogP contribution in [0.2, 0.25) is 5.02 Å². The summed E-state index contributed by atoms with van der Waals surface area (Å²) in [4.78, 5) is 2.40. The largest absolute Gasteiger partial charge is 0.367 e. The number of anilines is 1. The Morgan fingerprint density at radius 1 is 1.14 bits per heavy atom. The Morgan fingerprint density at radius 3 is 2.64 bits per heavy atom. The lowest BCUT2D eigenvalue weighted by Gasteiger charge is -2.24. The van der Waals surface area contributed by atoms with Crippen molar-refractivity contribution < 1.29 is 0 Å². The van der Waals surface area contributed by atoms with Gasteiger partial charge in [0.05, 0.1) is 5.52 Å². The second kappa shape index (κ2) is 6.41. The van der Waals surface area contributed by atoms with Crippen LogP contribution in [0.25, 0.3) is 10.9 Å². The number of rotatable bonds is 5. The molecular formula is C18H20ClN3.